The number of carbonyl (C=O) groups excluding carboxylic acids is 1. The lowest BCUT2D eigenvalue weighted by Crippen LogP contribution is -2.23. The number of ether oxygens (including phenoxy) is 1. The summed E-state index contributed by atoms with van der Waals surface area (Å²) < 4.78 is 18.3. The number of amides is 1. The first kappa shape index (κ1) is 13.4. The molecule has 1 atom stereocenters. The van der Waals surface area contributed by atoms with Gasteiger partial charge in [-0.1, -0.05) is 6.92 Å². The number of nitrogens with two attached hydrogens (primary N) is 2. The Labute approximate surface area is 99.7 Å². The lowest BCUT2D eigenvalue weighted by molar-refractivity contribution is -0.119. The van der Waals surface area contributed by atoms with Gasteiger partial charge in [-0.05, 0) is 36.6 Å². The van der Waals surface area contributed by atoms with E-state index in [0.29, 0.717) is 17.7 Å². The molecule has 1 rings (SSSR count). The highest BCUT2D eigenvalue weighted by Crippen LogP contribution is 2.21. The second kappa shape index (κ2) is 6.20. The van der Waals surface area contributed by atoms with Crippen molar-refractivity contribution in [1.82, 2.24) is 0 Å². The Balaban J connectivity index is 2.83. The Kier molecular flexibility index (Phi) is 4.90. The van der Waals surface area contributed by atoms with Gasteiger partial charge in [0.05, 0.1) is 0 Å². The normalized spacial score (nSPS) is 12.2. The molecule has 17 heavy (non-hydrogen) atoms. The highest BCUT2D eigenvalue weighted by Gasteiger charge is 2.10. The van der Waals surface area contributed by atoms with E-state index in [0.717, 1.165) is 6.42 Å². The highest BCUT2D eigenvalue weighted by molar-refractivity contribution is 5.75. The molecular weight excluding hydrogens is 223 g/mol. The molecule has 0 aromatic heterocycles. The van der Waals surface area contributed by atoms with E-state index in [1.165, 1.54) is 18.2 Å². The first-order valence-electron chi connectivity index (χ1n) is 5.48. The Morgan fingerprint density at radius 1 is 1.53 bits per heavy atom. The average Bonchev–Trinajstić information content (AvgIpc) is 2.27. The minimum absolute atomic E-state index is 0.0623. The third-order valence-electron chi connectivity index (χ3n) is 2.40. The van der Waals surface area contributed by atoms with Crippen LogP contribution in [0, 0.1) is 5.82 Å². The van der Waals surface area contributed by atoms with E-state index in [1.807, 2.05) is 6.92 Å². The van der Waals surface area contributed by atoms with Crippen molar-refractivity contribution >= 4 is 5.91 Å². The van der Waals surface area contributed by atoms with Crippen LogP contribution in [0.5, 0.6) is 5.75 Å². The van der Waals surface area contributed by atoms with Gasteiger partial charge in [-0.15, -0.1) is 0 Å². The summed E-state index contributed by atoms with van der Waals surface area (Å²) in [6.07, 6.45) is 1.29. The molecule has 0 spiro atoms. The molecule has 0 saturated heterocycles. The van der Waals surface area contributed by atoms with E-state index in [4.69, 9.17) is 16.2 Å². The predicted octanol–water partition coefficient (Wildman–Crippen LogP) is 0.970. The standard InChI is InChI=1S/C12H17FN2O2/c1-2-10(14)6-8-5-9(13)3-4-11(8)17-7-12(15)16/h3-5,10H,2,6-7,14H2,1H3,(H2,15,16). The number of primary amides is 1. The molecule has 1 amide bonds. The summed E-state index contributed by atoms with van der Waals surface area (Å²) in [5.74, 6) is -0.469. The molecule has 4 nitrogen and oxygen atoms in total. The molecule has 0 saturated carbocycles. The van der Waals surface area contributed by atoms with Gasteiger partial charge in [-0.3, -0.25) is 4.79 Å². The maximum absolute atomic E-state index is 13.1. The molecule has 0 fully saturated rings. The van der Waals surface area contributed by atoms with Crippen molar-refractivity contribution in [2.45, 2.75) is 25.8 Å². The van der Waals surface area contributed by atoms with Crippen LogP contribution in [0.15, 0.2) is 18.2 Å². The number of hydrogen-bond acceptors (Lipinski definition) is 3. The van der Waals surface area contributed by atoms with Gasteiger partial charge < -0.3 is 16.2 Å². The quantitative estimate of drug-likeness (QED) is 0.777. The first-order valence-corrected chi connectivity index (χ1v) is 5.48. The first-order chi connectivity index (χ1) is 8.02. The number of benzene rings is 1. The summed E-state index contributed by atoms with van der Waals surface area (Å²) in [6, 6.07) is 4.06. The van der Waals surface area contributed by atoms with E-state index in [-0.39, 0.29) is 18.5 Å². The summed E-state index contributed by atoms with van der Waals surface area (Å²) in [5, 5.41) is 0. The fourth-order valence-corrected chi connectivity index (χ4v) is 1.42. The Morgan fingerprint density at radius 2 is 2.24 bits per heavy atom. The van der Waals surface area contributed by atoms with E-state index < -0.39 is 5.91 Å². The van der Waals surface area contributed by atoms with Crippen LogP contribution in [0.25, 0.3) is 0 Å². The highest BCUT2D eigenvalue weighted by atomic mass is 19.1. The maximum atomic E-state index is 13.1. The van der Waals surface area contributed by atoms with Gasteiger partial charge in [0.1, 0.15) is 11.6 Å². The van der Waals surface area contributed by atoms with Crippen molar-refractivity contribution in [2.75, 3.05) is 6.61 Å². The molecule has 5 heteroatoms. The third-order valence-corrected chi connectivity index (χ3v) is 2.40. The minimum Gasteiger partial charge on any atom is -0.484 e. The van der Waals surface area contributed by atoms with Crippen LogP contribution in [-0.4, -0.2) is 18.6 Å². The lowest BCUT2D eigenvalue weighted by atomic mass is 10.0. The van der Waals surface area contributed by atoms with Crippen LogP contribution in [0.1, 0.15) is 18.9 Å². The van der Waals surface area contributed by atoms with Crippen LogP contribution in [0.2, 0.25) is 0 Å². The van der Waals surface area contributed by atoms with Crippen molar-refractivity contribution in [3.63, 3.8) is 0 Å². The van der Waals surface area contributed by atoms with E-state index in [1.54, 1.807) is 0 Å². The SMILES string of the molecule is CCC(N)Cc1cc(F)ccc1OCC(N)=O. The van der Waals surface area contributed by atoms with Crippen molar-refractivity contribution < 1.29 is 13.9 Å². The molecule has 1 aromatic rings. The summed E-state index contributed by atoms with van der Waals surface area (Å²) >= 11 is 0. The number of halogens is 1. The minimum atomic E-state index is -0.569. The summed E-state index contributed by atoms with van der Waals surface area (Å²) in [6.45, 7) is 1.73. The smallest absolute Gasteiger partial charge is 0.255 e. The molecule has 1 unspecified atom stereocenters. The molecule has 4 N–H and O–H groups in total. The molecular formula is C12H17FN2O2. The monoisotopic (exact) mass is 240 g/mol. The van der Waals surface area contributed by atoms with Crippen LogP contribution in [0.4, 0.5) is 4.39 Å². The fraction of sp³-hybridized carbons (Fsp3) is 0.417. The van der Waals surface area contributed by atoms with Gasteiger partial charge in [0, 0.05) is 6.04 Å². The second-order valence-corrected chi connectivity index (χ2v) is 3.88. The van der Waals surface area contributed by atoms with Gasteiger partial charge in [0.15, 0.2) is 6.61 Å². The van der Waals surface area contributed by atoms with Gasteiger partial charge >= 0.3 is 0 Å². The number of hydrogen-bond donors (Lipinski definition) is 2. The second-order valence-electron chi connectivity index (χ2n) is 3.88. The topological polar surface area (TPSA) is 78.3 Å². The molecule has 94 valence electrons. The molecule has 0 heterocycles. The van der Waals surface area contributed by atoms with Crippen molar-refractivity contribution in [3.8, 4) is 5.75 Å². The fourth-order valence-electron chi connectivity index (χ4n) is 1.42. The van der Waals surface area contributed by atoms with Gasteiger partial charge in [0.2, 0.25) is 0 Å². The Morgan fingerprint density at radius 3 is 2.82 bits per heavy atom. The molecule has 0 bridgehead atoms. The van der Waals surface area contributed by atoms with E-state index >= 15 is 0 Å². The van der Waals surface area contributed by atoms with Crippen LogP contribution in [0.3, 0.4) is 0 Å². The molecule has 0 aliphatic rings. The van der Waals surface area contributed by atoms with Crippen molar-refractivity contribution in [2.24, 2.45) is 11.5 Å². The summed E-state index contributed by atoms with van der Waals surface area (Å²) in [4.78, 5) is 10.6. The predicted molar refractivity (Wildman–Crippen MR) is 63.1 cm³/mol. The summed E-state index contributed by atoms with van der Waals surface area (Å²) in [5.41, 5.74) is 11.4. The maximum Gasteiger partial charge on any atom is 0.255 e. The van der Waals surface area contributed by atoms with Crippen molar-refractivity contribution in [1.29, 1.82) is 0 Å². The summed E-state index contributed by atoms with van der Waals surface area (Å²) in [7, 11) is 0. The third kappa shape index (κ3) is 4.40. The molecule has 0 aliphatic carbocycles. The Hall–Kier alpha value is -1.62. The largest absolute Gasteiger partial charge is 0.484 e. The average molecular weight is 240 g/mol. The molecule has 0 aliphatic heterocycles. The zero-order valence-corrected chi connectivity index (χ0v) is 9.78. The van der Waals surface area contributed by atoms with Gasteiger partial charge in [-0.25, -0.2) is 4.39 Å². The number of rotatable bonds is 6. The number of carbonyl (C=O) groups is 1. The van der Waals surface area contributed by atoms with Crippen LogP contribution >= 0.6 is 0 Å². The zero-order valence-electron chi connectivity index (χ0n) is 9.78. The van der Waals surface area contributed by atoms with E-state index in [9.17, 15) is 9.18 Å². The van der Waals surface area contributed by atoms with E-state index in [2.05, 4.69) is 0 Å². The van der Waals surface area contributed by atoms with Gasteiger partial charge in [-0.2, -0.15) is 0 Å². The van der Waals surface area contributed by atoms with Crippen LogP contribution in [-0.2, 0) is 11.2 Å². The molecule has 0 radical (unpaired) electrons. The lowest BCUT2D eigenvalue weighted by Gasteiger charge is -2.13. The zero-order chi connectivity index (χ0) is 12.8. The van der Waals surface area contributed by atoms with Crippen molar-refractivity contribution in [3.05, 3.63) is 29.6 Å². The van der Waals surface area contributed by atoms with Crippen LogP contribution < -0.4 is 16.2 Å². The van der Waals surface area contributed by atoms with Gasteiger partial charge in [0.25, 0.3) is 5.91 Å². The Bertz CT molecular complexity index is 396. The molecule has 1 aromatic carbocycles.